The van der Waals surface area contributed by atoms with Gasteiger partial charge in [0.25, 0.3) is 0 Å². The Hall–Kier alpha value is -1.34. The second-order valence-electron chi connectivity index (χ2n) is 4.67. The van der Waals surface area contributed by atoms with Crippen molar-refractivity contribution in [3.63, 3.8) is 0 Å². The first kappa shape index (κ1) is 22.9. The molecule has 0 radical (unpaired) electrons. The summed E-state index contributed by atoms with van der Waals surface area (Å²) in [6.07, 6.45) is 0.0369. The van der Waals surface area contributed by atoms with Crippen LogP contribution in [0.25, 0.3) is 0 Å². The fraction of sp³-hybridized carbons (Fsp3) is 0.429. The summed E-state index contributed by atoms with van der Waals surface area (Å²) >= 11 is 0. The molecule has 4 N–H and O–H groups in total. The van der Waals surface area contributed by atoms with Gasteiger partial charge in [-0.15, -0.1) is 24.8 Å². The van der Waals surface area contributed by atoms with Gasteiger partial charge in [0.1, 0.15) is 6.61 Å². The molecule has 22 heavy (non-hydrogen) atoms. The minimum absolute atomic E-state index is 0. The van der Waals surface area contributed by atoms with E-state index < -0.39 is 5.97 Å². The second-order valence-corrected chi connectivity index (χ2v) is 4.67. The minimum Gasteiger partial charge on any atom is -0.461 e. The van der Waals surface area contributed by atoms with Crippen molar-refractivity contribution >= 4 is 36.7 Å². The third-order valence-electron chi connectivity index (χ3n) is 2.59. The number of esters is 1. The number of carbonyl (C=O) groups excluding carboxylic acids is 2. The van der Waals surface area contributed by atoms with Gasteiger partial charge in [-0.3, -0.25) is 14.6 Å². The highest BCUT2D eigenvalue weighted by molar-refractivity contribution is 5.85. The molecule has 1 aromatic rings. The van der Waals surface area contributed by atoms with Gasteiger partial charge in [0.05, 0.1) is 13.0 Å². The number of ether oxygens (including phenoxy) is 1. The number of amides is 1. The molecule has 0 aromatic heterocycles. The van der Waals surface area contributed by atoms with Crippen molar-refractivity contribution in [3.05, 3.63) is 35.9 Å². The van der Waals surface area contributed by atoms with Crippen LogP contribution in [-0.4, -0.2) is 29.5 Å². The molecule has 0 fully saturated rings. The summed E-state index contributed by atoms with van der Waals surface area (Å²) in [6.45, 7) is 2.22. The van der Waals surface area contributed by atoms with Crippen LogP contribution >= 0.6 is 24.8 Å². The first-order chi connectivity index (χ1) is 9.49. The molecular formula is C14H23Cl2N3O3. The van der Waals surface area contributed by atoms with Crippen molar-refractivity contribution in [3.8, 4) is 0 Å². The Bertz CT molecular complexity index is 444. The van der Waals surface area contributed by atoms with Crippen LogP contribution in [0.4, 0.5) is 0 Å². The van der Waals surface area contributed by atoms with E-state index in [0.717, 1.165) is 10.6 Å². The standard InChI is InChI=1S/C14H21N3O3.2ClH/c1-11(15)9-17(16)13(18)7-8-14(19)20-10-12-5-3-2-4-6-12;;/h2-6,11H,7-10,15-16H2,1H3;2*1H. The van der Waals surface area contributed by atoms with E-state index in [9.17, 15) is 9.59 Å². The van der Waals surface area contributed by atoms with Crippen LogP contribution in [-0.2, 0) is 20.9 Å². The number of hydrazine groups is 1. The lowest BCUT2D eigenvalue weighted by molar-refractivity contribution is -0.147. The molecule has 0 aliphatic carbocycles. The van der Waals surface area contributed by atoms with Gasteiger partial charge >= 0.3 is 5.97 Å². The summed E-state index contributed by atoms with van der Waals surface area (Å²) in [6, 6.07) is 9.15. The summed E-state index contributed by atoms with van der Waals surface area (Å²) in [5.41, 5.74) is 6.44. The van der Waals surface area contributed by atoms with Crippen LogP contribution in [0.1, 0.15) is 25.3 Å². The highest BCUT2D eigenvalue weighted by Gasteiger charge is 2.13. The number of halogens is 2. The van der Waals surface area contributed by atoms with Crippen molar-refractivity contribution in [2.45, 2.75) is 32.4 Å². The monoisotopic (exact) mass is 351 g/mol. The Morgan fingerprint density at radius 3 is 2.32 bits per heavy atom. The van der Waals surface area contributed by atoms with Gasteiger partial charge in [0, 0.05) is 12.5 Å². The molecule has 0 heterocycles. The number of rotatable bonds is 7. The van der Waals surface area contributed by atoms with E-state index in [2.05, 4.69) is 0 Å². The summed E-state index contributed by atoms with van der Waals surface area (Å²) < 4.78 is 5.06. The summed E-state index contributed by atoms with van der Waals surface area (Å²) in [5.74, 6) is 4.78. The summed E-state index contributed by atoms with van der Waals surface area (Å²) in [4.78, 5) is 23.1. The second kappa shape index (κ2) is 12.2. The Morgan fingerprint density at radius 1 is 1.18 bits per heavy atom. The topological polar surface area (TPSA) is 98.6 Å². The molecule has 1 amide bonds. The average molecular weight is 352 g/mol. The molecule has 0 aliphatic heterocycles. The Kier molecular flexibility index (Phi) is 12.7. The van der Waals surface area contributed by atoms with Crippen molar-refractivity contribution in [2.24, 2.45) is 11.6 Å². The number of nitrogens with zero attached hydrogens (tertiary/aromatic N) is 1. The quantitative estimate of drug-likeness (QED) is 0.335. The molecule has 1 atom stereocenters. The smallest absolute Gasteiger partial charge is 0.306 e. The van der Waals surface area contributed by atoms with Crippen molar-refractivity contribution < 1.29 is 14.3 Å². The first-order valence-electron chi connectivity index (χ1n) is 6.49. The average Bonchev–Trinajstić information content (AvgIpc) is 2.42. The van der Waals surface area contributed by atoms with Crippen molar-refractivity contribution in [1.82, 2.24) is 5.01 Å². The van der Waals surface area contributed by atoms with E-state index >= 15 is 0 Å². The number of hydrogen-bond acceptors (Lipinski definition) is 5. The molecule has 0 saturated carbocycles. The zero-order valence-corrected chi connectivity index (χ0v) is 14.1. The van der Waals surface area contributed by atoms with E-state index in [4.69, 9.17) is 16.3 Å². The molecule has 8 heteroatoms. The first-order valence-corrected chi connectivity index (χ1v) is 6.49. The van der Waals surface area contributed by atoms with Gasteiger partial charge in [-0.25, -0.2) is 5.84 Å². The molecule has 6 nitrogen and oxygen atoms in total. The molecule has 1 unspecified atom stereocenters. The SMILES string of the molecule is CC(N)CN(N)C(=O)CCC(=O)OCc1ccccc1.Cl.Cl. The van der Waals surface area contributed by atoms with Gasteiger partial charge < -0.3 is 10.5 Å². The molecule has 1 aromatic carbocycles. The molecule has 0 saturated heterocycles. The van der Waals surface area contributed by atoms with E-state index in [1.54, 1.807) is 6.92 Å². The number of benzene rings is 1. The normalized spacial score (nSPS) is 10.7. The van der Waals surface area contributed by atoms with Crippen LogP contribution < -0.4 is 11.6 Å². The fourth-order valence-electron chi connectivity index (χ4n) is 1.57. The van der Waals surface area contributed by atoms with E-state index in [1.807, 2.05) is 30.3 Å². The molecule has 0 aliphatic rings. The predicted molar refractivity (Wildman–Crippen MR) is 89.5 cm³/mol. The van der Waals surface area contributed by atoms with Gasteiger partial charge in [0.15, 0.2) is 0 Å². The Labute approximate surface area is 143 Å². The van der Waals surface area contributed by atoms with Crippen LogP contribution in [0.5, 0.6) is 0 Å². The molecule has 1 rings (SSSR count). The highest BCUT2D eigenvalue weighted by Crippen LogP contribution is 2.03. The van der Waals surface area contributed by atoms with E-state index in [-0.39, 0.29) is 62.8 Å². The van der Waals surface area contributed by atoms with Gasteiger partial charge in [-0.1, -0.05) is 30.3 Å². The third-order valence-corrected chi connectivity index (χ3v) is 2.59. The lowest BCUT2D eigenvalue weighted by Gasteiger charge is -2.18. The highest BCUT2D eigenvalue weighted by atomic mass is 35.5. The number of nitrogens with two attached hydrogens (primary N) is 2. The Balaban J connectivity index is 0. The van der Waals surface area contributed by atoms with Gasteiger partial charge in [-0.2, -0.15) is 0 Å². The minimum atomic E-state index is -0.420. The van der Waals surface area contributed by atoms with Gasteiger partial charge in [0.2, 0.25) is 5.91 Å². The largest absolute Gasteiger partial charge is 0.461 e. The lowest BCUT2D eigenvalue weighted by Crippen LogP contribution is -2.44. The van der Waals surface area contributed by atoms with Crippen molar-refractivity contribution in [2.75, 3.05) is 6.54 Å². The summed E-state index contributed by atoms with van der Waals surface area (Å²) in [7, 11) is 0. The van der Waals surface area contributed by atoms with Crippen LogP contribution in [0.3, 0.4) is 0 Å². The van der Waals surface area contributed by atoms with Gasteiger partial charge in [-0.05, 0) is 12.5 Å². The maximum atomic E-state index is 11.6. The van der Waals surface area contributed by atoms with Crippen LogP contribution in [0.2, 0.25) is 0 Å². The van der Waals surface area contributed by atoms with E-state index in [1.165, 1.54) is 0 Å². The zero-order chi connectivity index (χ0) is 15.0. The maximum absolute atomic E-state index is 11.6. The molecule has 0 spiro atoms. The molecule has 0 bridgehead atoms. The van der Waals surface area contributed by atoms with Crippen LogP contribution in [0, 0.1) is 0 Å². The maximum Gasteiger partial charge on any atom is 0.306 e. The number of hydrogen-bond donors (Lipinski definition) is 2. The third kappa shape index (κ3) is 9.57. The molecule has 126 valence electrons. The zero-order valence-electron chi connectivity index (χ0n) is 12.4. The van der Waals surface area contributed by atoms with E-state index in [0.29, 0.717) is 0 Å². The number of carbonyl (C=O) groups is 2. The molecular weight excluding hydrogens is 329 g/mol. The van der Waals surface area contributed by atoms with Crippen molar-refractivity contribution in [1.29, 1.82) is 0 Å². The Morgan fingerprint density at radius 2 is 1.77 bits per heavy atom. The fourth-order valence-corrected chi connectivity index (χ4v) is 1.57. The van der Waals surface area contributed by atoms with Crippen LogP contribution in [0.15, 0.2) is 30.3 Å². The lowest BCUT2D eigenvalue weighted by atomic mass is 10.2. The summed E-state index contributed by atoms with van der Waals surface area (Å²) in [5, 5.41) is 1.04. The predicted octanol–water partition coefficient (Wildman–Crippen LogP) is 1.40.